The first-order valence-electron chi connectivity index (χ1n) is 9.70. The van der Waals surface area contributed by atoms with E-state index in [-0.39, 0.29) is 18.1 Å². The molecule has 1 aromatic heterocycles. The van der Waals surface area contributed by atoms with Gasteiger partial charge in [0.25, 0.3) is 5.56 Å². The number of rotatable bonds is 6. The molecule has 0 aliphatic carbocycles. The van der Waals surface area contributed by atoms with Crippen LogP contribution < -0.4 is 5.56 Å². The molecule has 1 N–H and O–H groups in total. The molecule has 150 valence electrons. The van der Waals surface area contributed by atoms with E-state index in [2.05, 4.69) is 0 Å². The van der Waals surface area contributed by atoms with E-state index >= 15 is 0 Å². The van der Waals surface area contributed by atoms with Crippen molar-refractivity contribution in [2.45, 2.75) is 31.8 Å². The number of halogens is 1. The third-order valence-electron chi connectivity index (χ3n) is 5.45. The van der Waals surface area contributed by atoms with Crippen molar-refractivity contribution in [1.82, 2.24) is 14.7 Å². The van der Waals surface area contributed by atoms with Gasteiger partial charge in [0, 0.05) is 22.9 Å². The predicted octanol–water partition coefficient (Wildman–Crippen LogP) is 3.19. The Morgan fingerprint density at radius 2 is 1.86 bits per heavy atom. The van der Waals surface area contributed by atoms with Crippen LogP contribution in [0.2, 0.25) is 5.02 Å². The molecular formula is C22H22ClN3O3. The number of hydrogen-bond acceptors (Lipinski definition) is 4. The van der Waals surface area contributed by atoms with Gasteiger partial charge in [0.05, 0.1) is 24.2 Å². The summed E-state index contributed by atoms with van der Waals surface area (Å²) in [6.07, 6.45) is 2.38. The minimum absolute atomic E-state index is 0.000782. The Hall–Kier alpha value is -2.70. The highest BCUT2D eigenvalue weighted by Gasteiger charge is 2.27. The largest absolute Gasteiger partial charge is 0.480 e. The van der Waals surface area contributed by atoms with E-state index in [0.717, 1.165) is 36.0 Å². The summed E-state index contributed by atoms with van der Waals surface area (Å²) in [5.41, 5.74) is 1.75. The molecule has 0 saturated carbocycles. The number of carboxylic acids is 1. The molecule has 1 saturated heterocycles. The Morgan fingerprint density at radius 1 is 1.14 bits per heavy atom. The average molecular weight is 412 g/mol. The topological polar surface area (TPSA) is 75.4 Å². The summed E-state index contributed by atoms with van der Waals surface area (Å²) in [7, 11) is 0. The van der Waals surface area contributed by atoms with Gasteiger partial charge in [-0.05, 0) is 43.1 Å². The predicted molar refractivity (Wildman–Crippen MR) is 112 cm³/mol. The fraction of sp³-hybridized carbons (Fsp3) is 0.318. The minimum Gasteiger partial charge on any atom is -0.480 e. The number of likely N-dealkylation sites (tertiary alicyclic amines) is 1. The van der Waals surface area contributed by atoms with Crippen molar-refractivity contribution in [3.8, 4) is 0 Å². The number of carboxylic acid groups (broad SMARTS) is 1. The van der Waals surface area contributed by atoms with E-state index in [1.165, 1.54) is 4.68 Å². The van der Waals surface area contributed by atoms with Gasteiger partial charge < -0.3 is 5.11 Å². The van der Waals surface area contributed by atoms with Crippen molar-refractivity contribution in [2.75, 3.05) is 13.1 Å². The lowest BCUT2D eigenvalue weighted by molar-refractivity contribution is -0.138. The Morgan fingerprint density at radius 3 is 2.59 bits per heavy atom. The maximum Gasteiger partial charge on any atom is 0.317 e. The van der Waals surface area contributed by atoms with Crippen LogP contribution in [0.3, 0.4) is 0 Å². The molecule has 29 heavy (non-hydrogen) atoms. The molecule has 6 nitrogen and oxygen atoms in total. The minimum atomic E-state index is -0.848. The molecule has 3 aromatic rings. The van der Waals surface area contributed by atoms with Gasteiger partial charge in [-0.1, -0.05) is 41.9 Å². The smallest absolute Gasteiger partial charge is 0.317 e. The standard InChI is InChI=1S/C22H22ClN3O3/c23-16-9-7-15(8-10-16)12-20-18-5-1-2-6-19(18)22(29)26(24-20)13-17-4-3-11-25(17)14-21(27)28/h1-2,5-10,17H,3-4,11-14H2,(H,27,28). The van der Waals surface area contributed by atoms with Gasteiger partial charge in [0.15, 0.2) is 0 Å². The first-order valence-corrected chi connectivity index (χ1v) is 10.1. The van der Waals surface area contributed by atoms with Gasteiger partial charge in [-0.15, -0.1) is 0 Å². The molecule has 1 aliphatic heterocycles. The zero-order valence-corrected chi connectivity index (χ0v) is 16.7. The number of nitrogens with zero attached hydrogens (tertiary/aromatic N) is 3. The van der Waals surface area contributed by atoms with Crippen LogP contribution in [0.4, 0.5) is 0 Å². The monoisotopic (exact) mass is 411 g/mol. The molecular weight excluding hydrogens is 390 g/mol. The van der Waals surface area contributed by atoms with Gasteiger partial charge in [-0.3, -0.25) is 14.5 Å². The Bertz CT molecular complexity index is 1090. The lowest BCUT2D eigenvalue weighted by atomic mass is 10.0. The van der Waals surface area contributed by atoms with E-state index < -0.39 is 5.97 Å². The molecule has 0 spiro atoms. The highest BCUT2D eigenvalue weighted by molar-refractivity contribution is 6.30. The van der Waals surface area contributed by atoms with Crippen LogP contribution in [0.1, 0.15) is 24.1 Å². The van der Waals surface area contributed by atoms with Crippen LogP contribution in [0.25, 0.3) is 10.8 Å². The van der Waals surface area contributed by atoms with Crippen molar-refractivity contribution in [2.24, 2.45) is 0 Å². The first-order chi connectivity index (χ1) is 14.0. The fourth-order valence-corrected chi connectivity index (χ4v) is 4.16. The summed E-state index contributed by atoms with van der Waals surface area (Å²) >= 11 is 5.99. The molecule has 4 rings (SSSR count). The third kappa shape index (κ3) is 4.33. The second-order valence-corrected chi connectivity index (χ2v) is 7.88. The first kappa shape index (κ1) is 19.6. The molecule has 1 fully saturated rings. The Labute approximate surface area is 173 Å². The summed E-state index contributed by atoms with van der Waals surface area (Å²) < 4.78 is 1.51. The van der Waals surface area contributed by atoms with E-state index in [9.17, 15) is 9.59 Å². The molecule has 2 heterocycles. The molecule has 1 unspecified atom stereocenters. The summed E-state index contributed by atoms with van der Waals surface area (Å²) in [5.74, 6) is -0.848. The van der Waals surface area contributed by atoms with Crippen molar-refractivity contribution in [1.29, 1.82) is 0 Å². The Balaban J connectivity index is 1.70. The van der Waals surface area contributed by atoms with Crippen LogP contribution in [0.15, 0.2) is 53.3 Å². The summed E-state index contributed by atoms with van der Waals surface area (Å²) in [6.45, 7) is 1.12. The van der Waals surface area contributed by atoms with Gasteiger partial charge in [0.1, 0.15) is 0 Å². The average Bonchev–Trinajstić information content (AvgIpc) is 3.13. The lowest BCUT2D eigenvalue weighted by Crippen LogP contribution is -2.40. The maximum atomic E-state index is 13.0. The number of carbonyl (C=O) groups is 1. The van der Waals surface area contributed by atoms with Crippen LogP contribution in [0, 0.1) is 0 Å². The van der Waals surface area contributed by atoms with E-state index in [1.807, 2.05) is 53.4 Å². The van der Waals surface area contributed by atoms with Crippen LogP contribution in [0.5, 0.6) is 0 Å². The zero-order valence-electron chi connectivity index (χ0n) is 15.9. The maximum absolute atomic E-state index is 13.0. The Kier molecular flexibility index (Phi) is 5.65. The molecule has 0 radical (unpaired) electrons. The third-order valence-corrected chi connectivity index (χ3v) is 5.70. The highest BCUT2D eigenvalue weighted by Crippen LogP contribution is 2.21. The molecule has 2 aromatic carbocycles. The van der Waals surface area contributed by atoms with Gasteiger partial charge in [-0.25, -0.2) is 4.68 Å². The molecule has 1 atom stereocenters. The summed E-state index contributed by atoms with van der Waals surface area (Å²) in [6, 6.07) is 15.1. The second kappa shape index (κ2) is 8.35. The van der Waals surface area contributed by atoms with Gasteiger partial charge >= 0.3 is 5.97 Å². The SMILES string of the molecule is O=C(O)CN1CCCC1Cn1nc(Cc2ccc(Cl)cc2)c2ccccc2c1=O. The normalized spacial score (nSPS) is 17.1. The molecule has 0 bridgehead atoms. The number of aliphatic carboxylic acids is 1. The van der Waals surface area contributed by atoms with Crippen molar-refractivity contribution in [3.05, 3.63) is 75.2 Å². The molecule has 1 aliphatic rings. The fourth-order valence-electron chi connectivity index (χ4n) is 4.04. The van der Waals surface area contributed by atoms with E-state index in [4.69, 9.17) is 21.8 Å². The van der Waals surface area contributed by atoms with E-state index in [0.29, 0.717) is 23.4 Å². The van der Waals surface area contributed by atoms with Crippen molar-refractivity contribution < 1.29 is 9.90 Å². The highest BCUT2D eigenvalue weighted by atomic mass is 35.5. The number of fused-ring (bicyclic) bond motifs is 1. The van der Waals surface area contributed by atoms with Gasteiger partial charge in [0.2, 0.25) is 0 Å². The van der Waals surface area contributed by atoms with Crippen molar-refractivity contribution in [3.63, 3.8) is 0 Å². The number of benzene rings is 2. The van der Waals surface area contributed by atoms with Crippen LogP contribution >= 0.6 is 11.6 Å². The number of aromatic nitrogens is 2. The summed E-state index contributed by atoms with van der Waals surface area (Å²) in [4.78, 5) is 26.1. The van der Waals surface area contributed by atoms with Crippen LogP contribution in [-0.4, -0.2) is 44.9 Å². The quantitative estimate of drug-likeness (QED) is 0.674. The molecule has 0 amide bonds. The zero-order chi connectivity index (χ0) is 20.4. The number of hydrogen-bond donors (Lipinski definition) is 1. The molecule has 7 heteroatoms. The van der Waals surface area contributed by atoms with Gasteiger partial charge in [-0.2, -0.15) is 5.10 Å². The second-order valence-electron chi connectivity index (χ2n) is 7.44. The van der Waals surface area contributed by atoms with Crippen molar-refractivity contribution >= 4 is 28.3 Å². The van der Waals surface area contributed by atoms with Crippen LogP contribution in [-0.2, 0) is 17.8 Å². The summed E-state index contributed by atoms with van der Waals surface area (Å²) in [5, 5.41) is 16.0. The lowest BCUT2D eigenvalue weighted by Gasteiger charge is -2.23. The van der Waals surface area contributed by atoms with E-state index in [1.54, 1.807) is 0 Å².